The quantitative estimate of drug-likeness (QED) is 0.659. The summed E-state index contributed by atoms with van der Waals surface area (Å²) in [6, 6.07) is 14.0. The second kappa shape index (κ2) is 6.04. The van der Waals surface area contributed by atoms with Crippen molar-refractivity contribution in [2.75, 3.05) is 5.32 Å². The number of hydrogen-bond acceptors (Lipinski definition) is 2. The van der Waals surface area contributed by atoms with E-state index in [1.165, 1.54) is 5.56 Å². The van der Waals surface area contributed by atoms with Gasteiger partial charge in [0.1, 0.15) is 0 Å². The van der Waals surface area contributed by atoms with Crippen LogP contribution in [0.1, 0.15) is 11.1 Å². The van der Waals surface area contributed by atoms with Gasteiger partial charge in [0.2, 0.25) is 0 Å². The number of nitrogens with zero attached hydrogens (tertiary/aromatic N) is 1. The molecule has 0 spiro atoms. The van der Waals surface area contributed by atoms with Crippen LogP contribution >= 0.6 is 27.5 Å². The van der Waals surface area contributed by atoms with E-state index in [1.807, 2.05) is 37.4 Å². The van der Waals surface area contributed by atoms with Crippen LogP contribution in [0.2, 0.25) is 5.02 Å². The van der Waals surface area contributed by atoms with E-state index >= 15 is 0 Å². The van der Waals surface area contributed by atoms with Crippen LogP contribution < -0.4 is 5.32 Å². The summed E-state index contributed by atoms with van der Waals surface area (Å²) in [7, 11) is 0. The summed E-state index contributed by atoms with van der Waals surface area (Å²) < 4.78 is 1.07. The summed E-state index contributed by atoms with van der Waals surface area (Å²) in [6.07, 6.45) is 1.83. The van der Waals surface area contributed by atoms with Gasteiger partial charge in [-0.1, -0.05) is 39.7 Å². The number of hydrogen-bond donors (Lipinski definition) is 1. The van der Waals surface area contributed by atoms with Gasteiger partial charge in [-0.25, -0.2) is 0 Å². The van der Waals surface area contributed by atoms with Gasteiger partial charge in [0.05, 0.1) is 5.52 Å². The lowest BCUT2D eigenvalue weighted by atomic mass is 10.1. The van der Waals surface area contributed by atoms with Gasteiger partial charge in [-0.2, -0.15) is 0 Å². The highest BCUT2D eigenvalue weighted by Gasteiger charge is 2.06. The van der Waals surface area contributed by atoms with Gasteiger partial charge in [0.25, 0.3) is 0 Å². The molecule has 0 aliphatic rings. The number of aromatic nitrogens is 1. The fourth-order valence-corrected chi connectivity index (χ4v) is 3.03. The molecule has 0 fully saturated rings. The molecule has 0 aliphatic heterocycles. The second-order valence-electron chi connectivity index (χ2n) is 4.92. The zero-order chi connectivity index (χ0) is 14.8. The van der Waals surface area contributed by atoms with E-state index in [-0.39, 0.29) is 0 Å². The SMILES string of the molecule is Cc1cc(Cl)ccc1NCc1ccc(Br)c2cccnc12. The third-order valence-electron chi connectivity index (χ3n) is 3.46. The monoisotopic (exact) mass is 360 g/mol. The first kappa shape index (κ1) is 14.4. The zero-order valence-electron chi connectivity index (χ0n) is 11.5. The van der Waals surface area contributed by atoms with Crippen molar-refractivity contribution >= 4 is 44.1 Å². The molecule has 3 rings (SSSR count). The number of aryl methyl sites for hydroxylation is 1. The van der Waals surface area contributed by atoms with E-state index in [0.29, 0.717) is 0 Å². The summed E-state index contributed by atoms with van der Waals surface area (Å²) in [5.74, 6) is 0. The molecule has 1 heterocycles. The average Bonchev–Trinajstić information content (AvgIpc) is 2.48. The number of halogens is 2. The molecule has 2 aromatic carbocycles. The Labute approximate surface area is 137 Å². The highest BCUT2D eigenvalue weighted by molar-refractivity contribution is 9.10. The third-order valence-corrected chi connectivity index (χ3v) is 4.38. The lowest BCUT2D eigenvalue weighted by Gasteiger charge is -2.12. The summed E-state index contributed by atoms with van der Waals surface area (Å²) in [5, 5.41) is 5.34. The van der Waals surface area contributed by atoms with Crippen LogP contribution in [-0.2, 0) is 6.54 Å². The number of rotatable bonds is 3. The first-order valence-corrected chi connectivity index (χ1v) is 7.84. The van der Waals surface area contributed by atoms with Crippen molar-refractivity contribution in [3.05, 3.63) is 69.3 Å². The zero-order valence-corrected chi connectivity index (χ0v) is 13.9. The van der Waals surface area contributed by atoms with E-state index in [2.05, 4.69) is 44.4 Å². The second-order valence-corrected chi connectivity index (χ2v) is 6.21. The molecule has 1 aromatic heterocycles. The molecule has 21 heavy (non-hydrogen) atoms. The molecule has 0 atom stereocenters. The van der Waals surface area contributed by atoms with Crippen LogP contribution in [0.5, 0.6) is 0 Å². The van der Waals surface area contributed by atoms with Gasteiger partial charge in [0, 0.05) is 33.3 Å². The van der Waals surface area contributed by atoms with Gasteiger partial charge < -0.3 is 5.32 Å². The van der Waals surface area contributed by atoms with Gasteiger partial charge in [0.15, 0.2) is 0 Å². The minimum atomic E-state index is 0.725. The van der Waals surface area contributed by atoms with E-state index in [4.69, 9.17) is 11.6 Å². The largest absolute Gasteiger partial charge is 0.381 e. The van der Waals surface area contributed by atoms with Gasteiger partial charge in [-0.3, -0.25) is 4.98 Å². The van der Waals surface area contributed by atoms with Crippen LogP contribution in [0, 0.1) is 6.92 Å². The Morgan fingerprint density at radius 3 is 2.86 bits per heavy atom. The van der Waals surface area contributed by atoms with Crippen molar-refractivity contribution in [1.29, 1.82) is 0 Å². The average molecular weight is 362 g/mol. The van der Waals surface area contributed by atoms with E-state index in [1.54, 1.807) is 0 Å². The fraction of sp³-hybridized carbons (Fsp3) is 0.118. The molecule has 106 valence electrons. The number of fused-ring (bicyclic) bond motifs is 1. The van der Waals surface area contributed by atoms with Crippen LogP contribution in [0.15, 0.2) is 53.1 Å². The Hall–Kier alpha value is -1.58. The molecule has 0 saturated carbocycles. The Kier molecular flexibility index (Phi) is 4.13. The van der Waals surface area contributed by atoms with Crippen molar-refractivity contribution in [2.24, 2.45) is 0 Å². The molecule has 0 saturated heterocycles. The van der Waals surface area contributed by atoms with Crippen molar-refractivity contribution in [2.45, 2.75) is 13.5 Å². The molecule has 0 unspecified atom stereocenters. The first-order chi connectivity index (χ1) is 10.1. The van der Waals surface area contributed by atoms with Crippen LogP contribution in [-0.4, -0.2) is 4.98 Å². The maximum atomic E-state index is 5.99. The predicted octanol–water partition coefficient (Wildman–Crippen LogP) is 5.57. The van der Waals surface area contributed by atoms with Crippen molar-refractivity contribution < 1.29 is 0 Å². The maximum absolute atomic E-state index is 5.99. The molecule has 2 nitrogen and oxygen atoms in total. The first-order valence-electron chi connectivity index (χ1n) is 6.67. The summed E-state index contributed by atoms with van der Waals surface area (Å²) in [4.78, 5) is 4.50. The Morgan fingerprint density at radius 2 is 2.05 bits per heavy atom. The summed E-state index contributed by atoms with van der Waals surface area (Å²) in [6.45, 7) is 2.77. The number of benzene rings is 2. The number of pyridine rings is 1. The molecule has 3 aromatic rings. The molecule has 1 N–H and O–H groups in total. The van der Waals surface area contributed by atoms with Crippen LogP contribution in [0.4, 0.5) is 5.69 Å². The molecule has 4 heteroatoms. The van der Waals surface area contributed by atoms with Gasteiger partial charge in [-0.05, 0) is 48.4 Å². The normalized spacial score (nSPS) is 10.8. The highest BCUT2D eigenvalue weighted by Crippen LogP contribution is 2.26. The van der Waals surface area contributed by atoms with Crippen molar-refractivity contribution in [3.8, 4) is 0 Å². The maximum Gasteiger partial charge on any atom is 0.0763 e. The molecular weight excluding hydrogens is 348 g/mol. The number of anilines is 1. The molecule has 0 radical (unpaired) electrons. The highest BCUT2D eigenvalue weighted by atomic mass is 79.9. The summed E-state index contributed by atoms with van der Waals surface area (Å²) >= 11 is 9.56. The van der Waals surface area contributed by atoms with E-state index in [9.17, 15) is 0 Å². The lowest BCUT2D eigenvalue weighted by Crippen LogP contribution is -2.02. The Balaban J connectivity index is 1.90. The lowest BCUT2D eigenvalue weighted by molar-refractivity contribution is 1.14. The van der Waals surface area contributed by atoms with Crippen molar-refractivity contribution in [1.82, 2.24) is 4.98 Å². The molecular formula is C17H14BrClN2. The van der Waals surface area contributed by atoms with Gasteiger partial charge in [-0.15, -0.1) is 0 Å². The van der Waals surface area contributed by atoms with E-state index in [0.717, 1.165) is 38.2 Å². The minimum absolute atomic E-state index is 0.725. The molecule has 0 aliphatic carbocycles. The predicted molar refractivity (Wildman–Crippen MR) is 93.0 cm³/mol. The van der Waals surface area contributed by atoms with Crippen molar-refractivity contribution in [3.63, 3.8) is 0 Å². The van der Waals surface area contributed by atoms with E-state index < -0.39 is 0 Å². The smallest absolute Gasteiger partial charge is 0.0763 e. The van der Waals surface area contributed by atoms with Crippen LogP contribution in [0.25, 0.3) is 10.9 Å². The molecule has 0 bridgehead atoms. The van der Waals surface area contributed by atoms with Gasteiger partial charge >= 0.3 is 0 Å². The Bertz CT molecular complexity index is 802. The topological polar surface area (TPSA) is 24.9 Å². The van der Waals surface area contributed by atoms with Crippen LogP contribution in [0.3, 0.4) is 0 Å². The summed E-state index contributed by atoms with van der Waals surface area (Å²) in [5.41, 5.74) is 4.41. The third kappa shape index (κ3) is 3.04. The Morgan fingerprint density at radius 1 is 1.19 bits per heavy atom. The standard InChI is InChI=1S/C17H14BrClN2/c1-11-9-13(19)5-7-16(11)21-10-12-4-6-15(18)14-3-2-8-20-17(12)14/h2-9,21H,10H2,1H3. The molecule has 0 amide bonds. The minimum Gasteiger partial charge on any atom is -0.381 e. The number of nitrogens with one attached hydrogen (secondary N) is 1. The fourth-order valence-electron chi connectivity index (χ4n) is 2.35.